The van der Waals surface area contributed by atoms with Crippen LogP contribution in [0.5, 0.6) is 0 Å². The lowest BCUT2D eigenvalue weighted by Gasteiger charge is -2.23. The first-order valence-electron chi connectivity index (χ1n) is 6.94. The minimum Gasteiger partial charge on any atom is -0.372 e. The topological polar surface area (TPSA) is 18.5 Å². The van der Waals surface area contributed by atoms with Gasteiger partial charge in [-0.05, 0) is 60.6 Å². The van der Waals surface area contributed by atoms with E-state index < -0.39 is 0 Å². The van der Waals surface area contributed by atoms with Crippen molar-refractivity contribution in [2.24, 2.45) is 0 Å². The molecular formula is C15H24BrN3. The van der Waals surface area contributed by atoms with Gasteiger partial charge in [-0.25, -0.2) is 0 Å². The summed E-state index contributed by atoms with van der Waals surface area (Å²) < 4.78 is 1.18. The van der Waals surface area contributed by atoms with Gasteiger partial charge in [-0.1, -0.05) is 6.07 Å². The average Bonchev–Trinajstić information content (AvgIpc) is 3.17. The Labute approximate surface area is 125 Å². The van der Waals surface area contributed by atoms with Crippen LogP contribution in [-0.2, 0) is 6.54 Å². The van der Waals surface area contributed by atoms with Crippen molar-refractivity contribution in [1.29, 1.82) is 0 Å². The van der Waals surface area contributed by atoms with E-state index in [-0.39, 0.29) is 0 Å². The number of nitrogens with one attached hydrogen (secondary N) is 1. The molecule has 1 N–H and O–H groups in total. The van der Waals surface area contributed by atoms with E-state index in [0.29, 0.717) is 0 Å². The lowest BCUT2D eigenvalue weighted by Crippen LogP contribution is -2.28. The Balaban J connectivity index is 1.92. The molecule has 1 aliphatic rings. The summed E-state index contributed by atoms with van der Waals surface area (Å²) in [6.07, 6.45) is 2.68. The average molecular weight is 326 g/mol. The first kappa shape index (κ1) is 14.8. The predicted molar refractivity (Wildman–Crippen MR) is 85.8 cm³/mol. The van der Waals surface area contributed by atoms with Crippen molar-refractivity contribution in [3.63, 3.8) is 0 Å². The highest BCUT2D eigenvalue weighted by Crippen LogP contribution is 2.27. The molecule has 0 radical (unpaired) electrons. The fourth-order valence-corrected chi connectivity index (χ4v) is 2.72. The monoisotopic (exact) mass is 325 g/mol. The molecule has 0 heterocycles. The van der Waals surface area contributed by atoms with Crippen molar-refractivity contribution in [3.05, 3.63) is 28.2 Å². The van der Waals surface area contributed by atoms with Crippen molar-refractivity contribution in [2.75, 3.05) is 39.1 Å². The molecule has 2 rings (SSSR count). The first-order valence-corrected chi connectivity index (χ1v) is 7.73. The number of anilines is 1. The molecule has 1 aromatic rings. The summed E-state index contributed by atoms with van der Waals surface area (Å²) in [6.45, 7) is 3.07. The minimum absolute atomic E-state index is 0.765. The van der Waals surface area contributed by atoms with Crippen LogP contribution in [0.4, 0.5) is 5.69 Å². The summed E-state index contributed by atoms with van der Waals surface area (Å²) in [4.78, 5) is 4.50. The summed E-state index contributed by atoms with van der Waals surface area (Å²) in [6, 6.07) is 7.43. The van der Waals surface area contributed by atoms with Gasteiger partial charge in [0, 0.05) is 37.2 Å². The molecular weight excluding hydrogens is 302 g/mol. The molecule has 3 nitrogen and oxygen atoms in total. The summed E-state index contributed by atoms with van der Waals surface area (Å²) in [5, 5.41) is 3.55. The maximum Gasteiger partial charge on any atom is 0.0508 e. The quantitative estimate of drug-likeness (QED) is 0.831. The van der Waals surface area contributed by atoms with E-state index in [0.717, 1.165) is 25.7 Å². The van der Waals surface area contributed by atoms with Gasteiger partial charge in [0.1, 0.15) is 0 Å². The Bertz CT molecular complexity index is 416. The molecule has 0 atom stereocenters. The van der Waals surface area contributed by atoms with Crippen molar-refractivity contribution in [1.82, 2.24) is 10.2 Å². The van der Waals surface area contributed by atoms with Gasteiger partial charge in [-0.3, -0.25) is 0 Å². The maximum absolute atomic E-state index is 3.69. The van der Waals surface area contributed by atoms with Gasteiger partial charge in [0.2, 0.25) is 0 Å². The number of rotatable bonds is 7. The Morgan fingerprint density at radius 3 is 2.53 bits per heavy atom. The molecule has 1 saturated carbocycles. The van der Waals surface area contributed by atoms with E-state index in [2.05, 4.69) is 70.4 Å². The number of hydrogen-bond donors (Lipinski definition) is 1. The van der Waals surface area contributed by atoms with E-state index in [1.165, 1.54) is 28.6 Å². The van der Waals surface area contributed by atoms with Gasteiger partial charge in [-0.2, -0.15) is 0 Å². The third kappa shape index (κ3) is 4.79. The number of halogens is 1. The molecule has 0 spiro atoms. The maximum atomic E-state index is 3.69. The lowest BCUT2D eigenvalue weighted by molar-refractivity contribution is 0.416. The zero-order valence-corrected chi connectivity index (χ0v) is 13.7. The first-order chi connectivity index (χ1) is 9.06. The molecule has 0 amide bonds. The van der Waals surface area contributed by atoms with E-state index in [9.17, 15) is 0 Å². The third-order valence-electron chi connectivity index (χ3n) is 3.48. The second-order valence-electron chi connectivity index (χ2n) is 5.67. The van der Waals surface area contributed by atoms with Gasteiger partial charge in [0.25, 0.3) is 0 Å². The number of hydrogen-bond acceptors (Lipinski definition) is 3. The molecule has 106 valence electrons. The zero-order chi connectivity index (χ0) is 13.8. The van der Waals surface area contributed by atoms with Crippen LogP contribution in [0.1, 0.15) is 18.4 Å². The molecule has 4 heteroatoms. The smallest absolute Gasteiger partial charge is 0.0508 e. The SMILES string of the molecule is CN(C)CCN(C)c1ccc(CNC2CC2)cc1Br. The van der Waals surface area contributed by atoms with E-state index in [4.69, 9.17) is 0 Å². The second-order valence-corrected chi connectivity index (χ2v) is 6.52. The summed E-state index contributed by atoms with van der Waals surface area (Å²) >= 11 is 3.69. The van der Waals surface area contributed by atoms with E-state index in [1.807, 2.05) is 0 Å². The third-order valence-corrected chi connectivity index (χ3v) is 4.11. The Hall–Kier alpha value is -0.580. The van der Waals surface area contributed by atoms with Crippen molar-refractivity contribution < 1.29 is 0 Å². The number of likely N-dealkylation sites (N-methyl/N-ethyl adjacent to an activating group) is 2. The molecule has 0 aliphatic heterocycles. The summed E-state index contributed by atoms with van der Waals surface area (Å²) in [7, 11) is 6.36. The highest BCUT2D eigenvalue weighted by Gasteiger charge is 2.20. The van der Waals surface area contributed by atoms with Crippen LogP contribution >= 0.6 is 15.9 Å². The van der Waals surface area contributed by atoms with Crippen LogP contribution in [0, 0.1) is 0 Å². The van der Waals surface area contributed by atoms with Gasteiger partial charge < -0.3 is 15.1 Å². The predicted octanol–water partition coefficient (Wildman–Crippen LogP) is 2.70. The Morgan fingerprint density at radius 2 is 1.95 bits per heavy atom. The summed E-state index contributed by atoms with van der Waals surface area (Å²) in [5.41, 5.74) is 2.61. The fourth-order valence-electron chi connectivity index (χ4n) is 1.99. The van der Waals surface area contributed by atoms with Crippen molar-refractivity contribution in [2.45, 2.75) is 25.4 Å². The van der Waals surface area contributed by atoms with Crippen LogP contribution in [0.3, 0.4) is 0 Å². The van der Waals surface area contributed by atoms with Gasteiger partial charge in [-0.15, -0.1) is 0 Å². The Kier molecular flexibility index (Phi) is 5.25. The van der Waals surface area contributed by atoms with Crippen LogP contribution in [0.25, 0.3) is 0 Å². The van der Waals surface area contributed by atoms with Crippen LogP contribution in [0.2, 0.25) is 0 Å². The number of nitrogens with zero attached hydrogens (tertiary/aromatic N) is 2. The number of benzene rings is 1. The molecule has 0 aromatic heterocycles. The lowest BCUT2D eigenvalue weighted by atomic mass is 10.2. The molecule has 1 aromatic carbocycles. The molecule has 0 saturated heterocycles. The molecule has 1 aliphatic carbocycles. The van der Waals surface area contributed by atoms with Crippen LogP contribution < -0.4 is 10.2 Å². The van der Waals surface area contributed by atoms with E-state index >= 15 is 0 Å². The highest BCUT2D eigenvalue weighted by atomic mass is 79.9. The zero-order valence-electron chi connectivity index (χ0n) is 12.1. The van der Waals surface area contributed by atoms with Gasteiger partial charge >= 0.3 is 0 Å². The molecule has 0 bridgehead atoms. The van der Waals surface area contributed by atoms with Gasteiger partial charge in [0.05, 0.1) is 5.69 Å². The van der Waals surface area contributed by atoms with Gasteiger partial charge in [0.15, 0.2) is 0 Å². The Morgan fingerprint density at radius 1 is 1.21 bits per heavy atom. The van der Waals surface area contributed by atoms with Crippen LogP contribution in [-0.4, -0.2) is 45.2 Å². The second kappa shape index (κ2) is 6.73. The van der Waals surface area contributed by atoms with Crippen molar-refractivity contribution in [3.8, 4) is 0 Å². The molecule has 19 heavy (non-hydrogen) atoms. The van der Waals surface area contributed by atoms with Crippen molar-refractivity contribution >= 4 is 21.6 Å². The molecule has 0 unspecified atom stereocenters. The standard InChI is InChI=1S/C15H24BrN3/c1-18(2)8-9-19(3)15-7-4-12(10-14(15)16)11-17-13-5-6-13/h4,7,10,13,17H,5-6,8-9,11H2,1-3H3. The fraction of sp³-hybridized carbons (Fsp3) is 0.600. The van der Waals surface area contributed by atoms with Crippen LogP contribution in [0.15, 0.2) is 22.7 Å². The minimum atomic E-state index is 0.765. The molecule has 1 fully saturated rings. The van der Waals surface area contributed by atoms with E-state index in [1.54, 1.807) is 0 Å². The normalized spacial score (nSPS) is 15.0. The largest absolute Gasteiger partial charge is 0.372 e. The highest BCUT2D eigenvalue weighted by molar-refractivity contribution is 9.10. The summed E-state index contributed by atoms with van der Waals surface area (Å²) in [5.74, 6) is 0.